The molecule has 100 valence electrons. The van der Waals surface area contributed by atoms with Crippen LogP contribution in [0.25, 0.3) is 0 Å². The second-order valence-corrected chi connectivity index (χ2v) is 4.75. The Kier molecular flexibility index (Phi) is 4.17. The van der Waals surface area contributed by atoms with Crippen LogP contribution in [-0.2, 0) is 6.54 Å². The van der Waals surface area contributed by atoms with E-state index in [-0.39, 0.29) is 5.75 Å². The topological polar surface area (TPSA) is 32.7 Å². The number of nitrogens with zero attached hydrogens (tertiary/aromatic N) is 1. The number of phenolic OH excluding ortho intramolecular Hbond substituents is 1. The van der Waals surface area contributed by atoms with Crippen LogP contribution >= 0.6 is 11.6 Å². The maximum absolute atomic E-state index is 9.40. The van der Waals surface area contributed by atoms with Gasteiger partial charge in [-0.15, -0.1) is 0 Å². The Morgan fingerprint density at radius 3 is 2.68 bits per heavy atom. The second-order valence-electron chi connectivity index (χ2n) is 4.34. The van der Waals surface area contributed by atoms with Crippen molar-refractivity contribution in [1.82, 2.24) is 0 Å². The van der Waals surface area contributed by atoms with Gasteiger partial charge in [-0.1, -0.05) is 23.7 Å². The highest BCUT2D eigenvalue weighted by Crippen LogP contribution is 2.26. The van der Waals surface area contributed by atoms with Crippen molar-refractivity contribution in [1.29, 1.82) is 0 Å². The summed E-state index contributed by atoms with van der Waals surface area (Å²) >= 11 is 5.90. The van der Waals surface area contributed by atoms with Gasteiger partial charge in [-0.25, -0.2) is 0 Å². The first-order chi connectivity index (χ1) is 9.10. The summed E-state index contributed by atoms with van der Waals surface area (Å²) in [6.45, 7) is 0.702. The molecule has 2 rings (SSSR count). The fourth-order valence-electron chi connectivity index (χ4n) is 1.86. The van der Waals surface area contributed by atoms with Crippen LogP contribution in [0.2, 0.25) is 5.02 Å². The van der Waals surface area contributed by atoms with E-state index >= 15 is 0 Å². The van der Waals surface area contributed by atoms with Crippen LogP contribution in [0, 0.1) is 0 Å². The number of methoxy groups -OCH3 is 1. The summed E-state index contributed by atoms with van der Waals surface area (Å²) in [6, 6.07) is 13.1. The number of rotatable bonds is 4. The number of hydrogen-bond donors (Lipinski definition) is 1. The number of ether oxygens (including phenoxy) is 1. The Labute approximate surface area is 118 Å². The Balaban J connectivity index is 2.15. The third-order valence-electron chi connectivity index (χ3n) is 2.93. The van der Waals surface area contributed by atoms with Crippen LogP contribution in [-0.4, -0.2) is 19.3 Å². The van der Waals surface area contributed by atoms with Gasteiger partial charge in [0.2, 0.25) is 0 Å². The van der Waals surface area contributed by atoms with Crippen molar-refractivity contribution >= 4 is 17.3 Å². The number of aromatic hydroxyl groups is 1. The van der Waals surface area contributed by atoms with E-state index in [2.05, 4.69) is 4.90 Å². The van der Waals surface area contributed by atoms with Gasteiger partial charge in [-0.3, -0.25) is 0 Å². The van der Waals surface area contributed by atoms with Crippen molar-refractivity contribution in [2.24, 2.45) is 0 Å². The summed E-state index contributed by atoms with van der Waals surface area (Å²) in [4.78, 5) is 2.09. The normalized spacial score (nSPS) is 10.3. The molecule has 0 bridgehead atoms. The van der Waals surface area contributed by atoms with Crippen LogP contribution in [0.4, 0.5) is 5.69 Å². The molecule has 0 saturated carbocycles. The van der Waals surface area contributed by atoms with Gasteiger partial charge in [0.25, 0.3) is 0 Å². The minimum atomic E-state index is 0.106. The van der Waals surface area contributed by atoms with E-state index in [1.54, 1.807) is 19.2 Å². The van der Waals surface area contributed by atoms with Crippen molar-refractivity contribution in [3.8, 4) is 11.5 Å². The molecule has 0 unspecified atom stereocenters. The molecule has 19 heavy (non-hydrogen) atoms. The molecule has 4 heteroatoms. The van der Waals surface area contributed by atoms with Gasteiger partial charge in [-0.05, 0) is 29.8 Å². The van der Waals surface area contributed by atoms with Crippen LogP contribution < -0.4 is 9.64 Å². The molecule has 3 nitrogen and oxygen atoms in total. The number of hydrogen-bond acceptors (Lipinski definition) is 3. The molecule has 0 fully saturated rings. The molecule has 0 heterocycles. The summed E-state index contributed by atoms with van der Waals surface area (Å²) in [5.74, 6) is 0.933. The van der Waals surface area contributed by atoms with Crippen molar-refractivity contribution in [3.63, 3.8) is 0 Å². The van der Waals surface area contributed by atoms with Gasteiger partial charge < -0.3 is 14.7 Å². The average molecular weight is 278 g/mol. The molecular formula is C15H16ClNO2. The SMILES string of the molecule is COc1cccc(N(C)Cc2ccc(O)c(Cl)c2)c1. The first kappa shape index (κ1) is 13.6. The van der Waals surface area contributed by atoms with E-state index < -0.39 is 0 Å². The maximum atomic E-state index is 9.40. The lowest BCUT2D eigenvalue weighted by Gasteiger charge is -2.20. The van der Waals surface area contributed by atoms with Gasteiger partial charge in [0, 0.05) is 25.3 Å². The largest absolute Gasteiger partial charge is 0.506 e. The predicted molar refractivity (Wildman–Crippen MR) is 78.2 cm³/mol. The van der Waals surface area contributed by atoms with Gasteiger partial charge in [0.05, 0.1) is 12.1 Å². The quantitative estimate of drug-likeness (QED) is 0.925. The Bertz CT molecular complexity index is 572. The van der Waals surface area contributed by atoms with Gasteiger partial charge >= 0.3 is 0 Å². The van der Waals surface area contributed by atoms with Crippen LogP contribution in [0.5, 0.6) is 11.5 Å². The molecule has 0 spiro atoms. The summed E-state index contributed by atoms with van der Waals surface area (Å²) in [5, 5.41) is 9.77. The summed E-state index contributed by atoms with van der Waals surface area (Å²) < 4.78 is 5.21. The van der Waals surface area contributed by atoms with E-state index in [4.69, 9.17) is 16.3 Å². The summed E-state index contributed by atoms with van der Waals surface area (Å²) in [7, 11) is 3.65. The zero-order valence-corrected chi connectivity index (χ0v) is 11.7. The van der Waals surface area contributed by atoms with E-state index in [1.165, 1.54) is 0 Å². The highest BCUT2D eigenvalue weighted by atomic mass is 35.5. The molecule has 0 saturated heterocycles. The lowest BCUT2D eigenvalue weighted by Crippen LogP contribution is -2.16. The first-order valence-electron chi connectivity index (χ1n) is 5.92. The average Bonchev–Trinajstić information content (AvgIpc) is 2.43. The van der Waals surface area contributed by atoms with Crippen molar-refractivity contribution in [2.45, 2.75) is 6.54 Å². The number of halogens is 1. The molecule has 0 aliphatic heterocycles. The molecular weight excluding hydrogens is 262 g/mol. The fourth-order valence-corrected chi connectivity index (χ4v) is 2.06. The molecule has 1 N–H and O–H groups in total. The minimum absolute atomic E-state index is 0.106. The number of phenols is 1. The third-order valence-corrected chi connectivity index (χ3v) is 3.23. The summed E-state index contributed by atoms with van der Waals surface area (Å²) in [5.41, 5.74) is 2.09. The van der Waals surface area contributed by atoms with Crippen molar-refractivity contribution in [3.05, 3.63) is 53.1 Å². The van der Waals surface area contributed by atoms with Crippen LogP contribution in [0.1, 0.15) is 5.56 Å². The van der Waals surface area contributed by atoms with Gasteiger partial charge in [-0.2, -0.15) is 0 Å². The Hall–Kier alpha value is -1.87. The zero-order valence-electron chi connectivity index (χ0n) is 10.9. The number of benzene rings is 2. The maximum Gasteiger partial charge on any atom is 0.134 e. The van der Waals surface area contributed by atoms with Crippen molar-refractivity contribution < 1.29 is 9.84 Å². The smallest absolute Gasteiger partial charge is 0.134 e. The Morgan fingerprint density at radius 1 is 1.21 bits per heavy atom. The highest BCUT2D eigenvalue weighted by molar-refractivity contribution is 6.32. The molecule has 0 amide bonds. The molecule has 0 radical (unpaired) electrons. The first-order valence-corrected chi connectivity index (χ1v) is 6.30. The molecule has 0 aliphatic carbocycles. The zero-order chi connectivity index (χ0) is 13.8. The monoisotopic (exact) mass is 277 g/mol. The number of anilines is 1. The predicted octanol–water partition coefficient (Wildman–Crippen LogP) is 3.69. The third kappa shape index (κ3) is 3.32. The molecule has 0 aromatic heterocycles. The molecule has 0 atom stereocenters. The van der Waals surface area contributed by atoms with Gasteiger partial charge in [0.15, 0.2) is 0 Å². The molecule has 2 aromatic rings. The van der Waals surface area contributed by atoms with Gasteiger partial charge in [0.1, 0.15) is 11.5 Å². The van der Waals surface area contributed by atoms with E-state index in [0.717, 1.165) is 17.0 Å². The van der Waals surface area contributed by atoms with Crippen molar-refractivity contribution in [2.75, 3.05) is 19.1 Å². The van der Waals surface area contributed by atoms with E-state index in [0.29, 0.717) is 11.6 Å². The van der Waals surface area contributed by atoms with E-state index in [9.17, 15) is 5.11 Å². The highest BCUT2D eigenvalue weighted by Gasteiger charge is 2.05. The Morgan fingerprint density at radius 2 is 2.00 bits per heavy atom. The van der Waals surface area contributed by atoms with Crippen LogP contribution in [0.15, 0.2) is 42.5 Å². The minimum Gasteiger partial charge on any atom is -0.506 e. The second kappa shape index (κ2) is 5.85. The standard InChI is InChI=1S/C15H16ClNO2/c1-17(12-4-3-5-13(9-12)19-2)10-11-6-7-15(18)14(16)8-11/h3-9,18H,10H2,1-2H3. The van der Waals surface area contributed by atoms with E-state index in [1.807, 2.05) is 37.4 Å². The lowest BCUT2D eigenvalue weighted by molar-refractivity contribution is 0.415. The molecule has 2 aromatic carbocycles. The molecule has 0 aliphatic rings. The summed E-state index contributed by atoms with van der Waals surface area (Å²) in [6.07, 6.45) is 0. The fraction of sp³-hybridized carbons (Fsp3) is 0.200. The lowest BCUT2D eigenvalue weighted by atomic mass is 10.2. The van der Waals surface area contributed by atoms with Crippen LogP contribution in [0.3, 0.4) is 0 Å².